The molecule has 18 heavy (non-hydrogen) atoms. The number of rotatable bonds is 4. The number of halogens is 2. The summed E-state index contributed by atoms with van der Waals surface area (Å²) in [5, 5.41) is 2.81. The molecule has 1 aromatic carbocycles. The van der Waals surface area contributed by atoms with Crippen molar-refractivity contribution in [3.63, 3.8) is 0 Å². The molecule has 0 radical (unpaired) electrons. The molecule has 1 heterocycles. The first-order valence-corrected chi connectivity index (χ1v) is 7.61. The summed E-state index contributed by atoms with van der Waals surface area (Å²) in [5.41, 5.74) is 5.03. The van der Waals surface area contributed by atoms with Crippen LogP contribution >= 0.6 is 38.9 Å². The van der Waals surface area contributed by atoms with Crippen molar-refractivity contribution in [1.82, 2.24) is 5.43 Å². The largest absolute Gasteiger partial charge is 0.271 e. The number of thiophene rings is 1. The zero-order valence-electron chi connectivity index (χ0n) is 9.91. The van der Waals surface area contributed by atoms with E-state index in [1.165, 1.54) is 4.88 Å². The van der Waals surface area contributed by atoms with Gasteiger partial charge in [0.15, 0.2) is 0 Å². The summed E-state index contributed by atoms with van der Waals surface area (Å²) in [6.07, 6.45) is 0.817. The van der Waals surface area contributed by atoms with Crippen molar-refractivity contribution in [2.75, 3.05) is 0 Å². The van der Waals surface area contributed by atoms with Crippen molar-refractivity contribution in [3.8, 4) is 0 Å². The van der Waals surface area contributed by atoms with Gasteiger partial charge in [-0.05, 0) is 51.5 Å². The van der Waals surface area contributed by atoms with Gasteiger partial charge in [0.1, 0.15) is 0 Å². The SMILES string of the molecule is Cc1ccc(C(Cc2sccc2Br)NN)c(Cl)c1. The van der Waals surface area contributed by atoms with E-state index in [4.69, 9.17) is 17.4 Å². The summed E-state index contributed by atoms with van der Waals surface area (Å²) in [7, 11) is 0. The van der Waals surface area contributed by atoms with Gasteiger partial charge in [-0.15, -0.1) is 11.3 Å². The van der Waals surface area contributed by atoms with Gasteiger partial charge >= 0.3 is 0 Å². The first-order valence-electron chi connectivity index (χ1n) is 5.56. The Bertz CT molecular complexity index is 542. The summed E-state index contributed by atoms with van der Waals surface area (Å²) >= 11 is 11.5. The Morgan fingerprint density at radius 2 is 2.22 bits per heavy atom. The maximum absolute atomic E-state index is 6.28. The highest BCUT2D eigenvalue weighted by Gasteiger charge is 2.16. The van der Waals surface area contributed by atoms with E-state index >= 15 is 0 Å². The highest BCUT2D eigenvalue weighted by atomic mass is 79.9. The number of hydrogen-bond acceptors (Lipinski definition) is 3. The van der Waals surface area contributed by atoms with Crippen molar-refractivity contribution in [2.24, 2.45) is 5.84 Å². The van der Waals surface area contributed by atoms with Gasteiger partial charge in [0.05, 0.1) is 6.04 Å². The summed E-state index contributed by atoms with van der Waals surface area (Å²) in [5.74, 6) is 5.66. The molecule has 1 atom stereocenters. The second kappa shape index (κ2) is 6.17. The molecule has 0 spiro atoms. The van der Waals surface area contributed by atoms with E-state index in [1.54, 1.807) is 11.3 Å². The number of nitrogens with two attached hydrogens (primary N) is 1. The lowest BCUT2D eigenvalue weighted by molar-refractivity contribution is 0.555. The number of hydrogen-bond donors (Lipinski definition) is 2. The van der Waals surface area contributed by atoms with Gasteiger partial charge in [0, 0.05) is 20.8 Å². The fraction of sp³-hybridized carbons (Fsp3) is 0.231. The summed E-state index contributed by atoms with van der Waals surface area (Å²) in [6.45, 7) is 2.02. The van der Waals surface area contributed by atoms with Gasteiger partial charge in [0.2, 0.25) is 0 Å². The second-order valence-electron chi connectivity index (χ2n) is 4.14. The molecule has 96 valence electrons. The molecule has 3 N–H and O–H groups in total. The van der Waals surface area contributed by atoms with Crippen LogP contribution in [0.2, 0.25) is 5.02 Å². The van der Waals surface area contributed by atoms with E-state index in [9.17, 15) is 0 Å². The lowest BCUT2D eigenvalue weighted by atomic mass is 10.0. The zero-order chi connectivity index (χ0) is 13.1. The van der Waals surface area contributed by atoms with Gasteiger partial charge in [-0.25, -0.2) is 0 Å². The summed E-state index contributed by atoms with van der Waals surface area (Å²) in [6, 6.07) is 8.11. The molecular formula is C13H14BrClN2S. The van der Waals surface area contributed by atoms with Crippen molar-refractivity contribution >= 4 is 38.9 Å². The first-order chi connectivity index (χ1) is 8.61. The number of hydrazine groups is 1. The van der Waals surface area contributed by atoms with Crippen LogP contribution in [-0.4, -0.2) is 0 Å². The Balaban J connectivity index is 2.26. The Morgan fingerprint density at radius 3 is 2.78 bits per heavy atom. The minimum atomic E-state index is 0.0213. The van der Waals surface area contributed by atoms with E-state index in [-0.39, 0.29) is 6.04 Å². The van der Waals surface area contributed by atoms with Crippen LogP contribution in [0.25, 0.3) is 0 Å². The van der Waals surface area contributed by atoms with E-state index in [2.05, 4.69) is 32.8 Å². The predicted octanol–water partition coefficient (Wildman–Crippen LogP) is 4.22. The third kappa shape index (κ3) is 3.13. The fourth-order valence-corrected chi connectivity index (χ4v) is 3.76. The monoisotopic (exact) mass is 344 g/mol. The highest BCUT2D eigenvalue weighted by Crippen LogP contribution is 2.31. The minimum Gasteiger partial charge on any atom is -0.271 e. The van der Waals surface area contributed by atoms with Gasteiger partial charge in [-0.3, -0.25) is 11.3 Å². The van der Waals surface area contributed by atoms with Crippen LogP contribution in [0.1, 0.15) is 22.0 Å². The molecule has 5 heteroatoms. The molecule has 2 nitrogen and oxygen atoms in total. The molecule has 0 amide bonds. The Morgan fingerprint density at radius 1 is 1.44 bits per heavy atom. The average molecular weight is 346 g/mol. The van der Waals surface area contributed by atoms with E-state index in [1.807, 2.05) is 25.1 Å². The molecule has 0 aliphatic rings. The Labute approximate surface area is 124 Å². The fourth-order valence-electron chi connectivity index (χ4n) is 1.83. The van der Waals surface area contributed by atoms with Gasteiger partial charge in [-0.1, -0.05) is 23.7 Å². The lowest BCUT2D eigenvalue weighted by Crippen LogP contribution is -2.29. The van der Waals surface area contributed by atoms with Crippen LogP contribution in [0, 0.1) is 6.92 Å². The molecule has 2 rings (SSSR count). The van der Waals surface area contributed by atoms with Crippen LogP contribution in [0.4, 0.5) is 0 Å². The zero-order valence-corrected chi connectivity index (χ0v) is 13.1. The van der Waals surface area contributed by atoms with Crippen LogP contribution < -0.4 is 11.3 Å². The number of aryl methyl sites for hydroxylation is 1. The molecule has 1 aromatic heterocycles. The summed E-state index contributed by atoms with van der Waals surface area (Å²) in [4.78, 5) is 1.26. The molecule has 2 aromatic rings. The highest BCUT2D eigenvalue weighted by molar-refractivity contribution is 9.10. The molecule has 0 fully saturated rings. The van der Waals surface area contributed by atoms with Gasteiger partial charge < -0.3 is 0 Å². The predicted molar refractivity (Wildman–Crippen MR) is 82.0 cm³/mol. The molecular weight excluding hydrogens is 332 g/mol. The van der Waals surface area contributed by atoms with Crippen LogP contribution in [0.15, 0.2) is 34.1 Å². The maximum atomic E-state index is 6.28. The standard InChI is InChI=1S/C13H14BrClN2S/c1-8-2-3-9(11(15)6-8)12(17-16)7-13-10(14)4-5-18-13/h2-6,12,17H,7,16H2,1H3. The van der Waals surface area contributed by atoms with Gasteiger partial charge in [-0.2, -0.15) is 0 Å². The van der Waals surface area contributed by atoms with E-state index in [0.29, 0.717) is 0 Å². The Kier molecular flexibility index (Phi) is 4.81. The molecule has 0 bridgehead atoms. The minimum absolute atomic E-state index is 0.0213. The van der Waals surface area contributed by atoms with Crippen molar-refractivity contribution in [3.05, 3.63) is 55.1 Å². The Hall–Kier alpha value is -0.390. The van der Waals surface area contributed by atoms with Crippen LogP contribution in [0.5, 0.6) is 0 Å². The topological polar surface area (TPSA) is 38.0 Å². The molecule has 0 aliphatic carbocycles. The van der Waals surface area contributed by atoms with Crippen molar-refractivity contribution in [1.29, 1.82) is 0 Å². The van der Waals surface area contributed by atoms with Crippen LogP contribution in [0.3, 0.4) is 0 Å². The third-order valence-electron chi connectivity index (χ3n) is 2.81. The van der Waals surface area contributed by atoms with Crippen LogP contribution in [-0.2, 0) is 6.42 Å². The molecule has 1 unspecified atom stereocenters. The third-order valence-corrected chi connectivity index (χ3v) is 5.09. The number of nitrogens with one attached hydrogen (secondary N) is 1. The quantitative estimate of drug-likeness (QED) is 0.643. The summed E-state index contributed by atoms with van der Waals surface area (Å²) < 4.78 is 1.12. The average Bonchev–Trinajstić information content (AvgIpc) is 2.73. The molecule has 0 saturated heterocycles. The normalized spacial score (nSPS) is 12.7. The second-order valence-corrected chi connectivity index (χ2v) is 6.40. The smallest absolute Gasteiger partial charge is 0.0523 e. The van der Waals surface area contributed by atoms with E-state index in [0.717, 1.165) is 27.0 Å². The van der Waals surface area contributed by atoms with Gasteiger partial charge in [0.25, 0.3) is 0 Å². The van der Waals surface area contributed by atoms with Crippen molar-refractivity contribution < 1.29 is 0 Å². The lowest BCUT2D eigenvalue weighted by Gasteiger charge is -2.17. The maximum Gasteiger partial charge on any atom is 0.0523 e. The first kappa shape index (κ1) is 14.0. The molecule has 0 saturated carbocycles. The van der Waals surface area contributed by atoms with E-state index < -0.39 is 0 Å². The van der Waals surface area contributed by atoms with Crippen molar-refractivity contribution in [2.45, 2.75) is 19.4 Å². The molecule has 0 aliphatic heterocycles. The number of benzene rings is 1.